The molecule has 4 rings (SSSR count). The van der Waals surface area contributed by atoms with Crippen molar-refractivity contribution in [1.29, 1.82) is 0 Å². The van der Waals surface area contributed by atoms with Gasteiger partial charge >= 0.3 is 5.97 Å². The average Bonchev–Trinajstić information content (AvgIpc) is 3.40. The van der Waals surface area contributed by atoms with Crippen molar-refractivity contribution in [2.75, 3.05) is 7.11 Å². The highest BCUT2D eigenvalue weighted by Gasteiger charge is 2.23. The van der Waals surface area contributed by atoms with Gasteiger partial charge in [0.1, 0.15) is 22.8 Å². The van der Waals surface area contributed by atoms with Crippen LogP contribution in [0.5, 0.6) is 5.75 Å². The zero-order valence-corrected chi connectivity index (χ0v) is 19.3. The van der Waals surface area contributed by atoms with Crippen molar-refractivity contribution in [3.8, 4) is 5.75 Å². The molecule has 0 saturated heterocycles. The Labute approximate surface area is 189 Å². The fraction of sp³-hybridized carbons (Fsp3) is 0.417. The average molecular weight is 489 g/mol. The maximum absolute atomic E-state index is 14.8. The monoisotopic (exact) mass is 488 g/mol. The third-order valence-electron chi connectivity index (χ3n) is 6.00. The highest BCUT2D eigenvalue weighted by Crippen LogP contribution is 2.35. The molecule has 0 aliphatic heterocycles. The van der Waals surface area contributed by atoms with E-state index in [-0.39, 0.29) is 24.3 Å². The van der Waals surface area contributed by atoms with E-state index >= 15 is 0 Å². The Morgan fingerprint density at radius 2 is 1.97 bits per heavy atom. The van der Waals surface area contributed by atoms with Crippen LogP contribution in [0.3, 0.4) is 0 Å². The fourth-order valence-corrected chi connectivity index (χ4v) is 4.81. The fourth-order valence-electron chi connectivity index (χ4n) is 4.25. The van der Waals surface area contributed by atoms with Crippen LogP contribution >= 0.6 is 15.9 Å². The van der Waals surface area contributed by atoms with Crippen LogP contribution in [0.15, 0.2) is 41.0 Å². The quantitative estimate of drug-likeness (QED) is 0.366. The second-order valence-corrected chi connectivity index (χ2v) is 8.94. The molecule has 1 heterocycles. The summed E-state index contributed by atoms with van der Waals surface area (Å²) in [5.41, 5.74) is 2.61. The van der Waals surface area contributed by atoms with Crippen molar-refractivity contribution in [1.82, 2.24) is 9.78 Å². The van der Waals surface area contributed by atoms with Gasteiger partial charge in [0.25, 0.3) is 0 Å². The Morgan fingerprint density at radius 1 is 1.26 bits per heavy atom. The van der Waals surface area contributed by atoms with Crippen LogP contribution in [0.2, 0.25) is 0 Å². The molecular weight excluding hydrogens is 463 g/mol. The minimum atomic E-state index is -0.292. The second-order valence-electron chi connectivity index (χ2n) is 8.18. The molecule has 1 fully saturated rings. The molecule has 164 valence electrons. The van der Waals surface area contributed by atoms with E-state index < -0.39 is 0 Å². The third kappa shape index (κ3) is 4.76. The number of ether oxygens (including phenoxy) is 2. The summed E-state index contributed by atoms with van der Waals surface area (Å²) in [5, 5.41) is 5.09. The molecule has 0 bridgehead atoms. The molecule has 5 nitrogen and oxygen atoms in total. The highest BCUT2D eigenvalue weighted by atomic mass is 79.9. The maximum Gasteiger partial charge on any atom is 0.306 e. The lowest BCUT2D eigenvalue weighted by atomic mass is 9.98. The Morgan fingerprint density at radius 3 is 2.65 bits per heavy atom. The van der Waals surface area contributed by atoms with Crippen LogP contribution in [0.25, 0.3) is 10.9 Å². The number of fused-ring (bicyclic) bond motifs is 1. The predicted octanol–water partition coefficient (Wildman–Crippen LogP) is 6.30. The number of hydrogen-bond acceptors (Lipinski definition) is 4. The van der Waals surface area contributed by atoms with E-state index in [1.807, 2.05) is 41.9 Å². The number of aromatic nitrogens is 2. The van der Waals surface area contributed by atoms with E-state index in [2.05, 4.69) is 21.0 Å². The van der Waals surface area contributed by atoms with E-state index in [9.17, 15) is 9.18 Å². The van der Waals surface area contributed by atoms with Crippen LogP contribution in [0.1, 0.15) is 62.1 Å². The molecule has 0 unspecified atom stereocenters. The molecule has 31 heavy (non-hydrogen) atoms. The molecule has 0 spiro atoms. The number of methoxy groups -OCH3 is 1. The maximum atomic E-state index is 14.8. The van der Waals surface area contributed by atoms with Gasteiger partial charge < -0.3 is 9.47 Å². The van der Waals surface area contributed by atoms with Crippen LogP contribution in [0, 0.1) is 5.82 Å². The van der Waals surface area contributed by atoms with Crippen molar-refractivity contribution in [3.05, 3.63) is 57.9 Å². The summed E-state index contributed by atoms with van der Waals surface area (Å²) < 4.78 is 28.0. The molecule has 1 aromatic heterocycles. The van der Waals surface area contributed by atoms with E-state index in [4.69, 9.17) is 9.47 Å². The van der Waals surface area contributed by atoms with Gasteiger partial charge in [0.05, 0.1) is 30.5 Å². The lowest BCUT2D eigenvalue weighted by Gasteiger charge is -2.13. The Hall–Kier alpha value is -2.41. The van der Waals surface area contributed by atoms with Crippen molar-refractivity contribution in [2.45, 2.75) is 57.6 Å². The summed E-state index contributed by atoms with van der Waals surface area (Å²) in [6, 6.07) is 11.4. The first-order valence-corrected chi connectivity index (χ1v) is 11.4. The van der Waals surface area contributed by atoms with Gasteiger partial charge in [-0.15, -0.1) is 0 Å². The van der Waals surface area contributed by atoms with Crippen LogP contribution < -0.4 is 4.74 Å². The SMILES string of the molecule is COC(=O)C[C@H](C)c1ccc(OCc2cc(F)c3c(Br)nn(C4CCCC4)c3c2)cc1. The molecule has 7 heteroatoms. The Balaban J connectivity index is 1.49. The van der Waals surface area contributed by atoms with E-state index in [0.717, 1.165) is 29.5 Å². The predicted molar refractivity (Wildman–Crippen MR) is 121 cm³/mol. The summed E-state index contributed by atoms with van der Waals surface area (Å²) in [5.74, 6) is 0.236. The normalized spacial score (nSPS) is 15.4. The van der Waals surface area contributed by atoms with E-state index in [1.54, 1.807) is 0 Å². The van der Waals surface area contributed by atoms with Crippen LogP contribution in [-0.4, -0.2) is 22.9 Å². The molecule has 0 N–H and O–H groups in total. The Kier molecular flexibility index (Phi) is 6.60. The summed E-state index contributed by atoms with van der Waals surface area (Å²) in [7, 11) is 1.39. The molecule has 3 aromatic rings. The summed E-state index contributed by atoms with van der Waals surface area (Å²) in [6.07, 6.45) is 4.85. The summed E-state index contributed by atoms with van der Waals surface area (Å²) in [4.78, 5) is 11.5. The van der Waals surface area contributed by atoms with Gasteiger partial charge in [-0.1, -0.05) is 31.9 Å². The van der Waals surface area contributed by atoms with Crippen molar-refractivity contribution in [3.63, 3.8) is 0 Å². The molecule has 1 aliphatic rings. The lowest BCUT2D eigenvalue weighted by Crippen LogP contribution is -2.07. The first kappa shape index (κ1) is 21.8. The standard InChI is InChI=1S/C24H26BrFN2O3/c1-15(11-22(29)30-2)17-7-9-19(10-8-17)31-14-16-12-20(26)23-21(13-16)28(27-24(23)25)18-5-3-4-6-18/h7-10,12-13,15,18H,3-6,11,14H2,1-2H3/t15-/m0/s1. The second kappa shape index (κ2) is 9.39. The number of esters is 1. The first-order valence-electron chi connectivity index (χ1n) is 10.6. The number of benzene rings is 2. The summed E-state index contributed by atoms with van der Waals surface area (Å²) in [6.45, 7) is 2.24. The van der Waals surface area contributed by atoms with Gasteiger partial charge in [0, 0.05) is 0 Å². The number of carbonyl (C=O) groups is 1. The zero-order chi connectivity index (χ0) is 22.0. The van der Waals surface area contributed by atoms with Crippen LogP contribution in [-0.2, 0) is 16.1 Å². The molecule has 2 aromatic carbocycles. The van der Waals surface area contributed by atoms with Gasteiger partial charge in [-0.2, -0.15) is 5.10 Å². The number of nitrogens with zero attached hydrogens (tertiary/aromatic N) is 2. The minimum absolute atomic E-state index is 0.0623. The van der Waals surface area contributed by atoms with Crippen molar-refractivity contribution in [2.24, 2.45) is 0 Å². The van der Waals surface area contributed by atoms with Crippen LogP contribution in [0.4, 0.5) is 4.39 Å². The van der Waals surface area contributed by atoms with E-state index in [1.165, 1.54) is 26.0 Å². The zero-order valence-electron chi connectivity index (χ0n) is 17.7. The molecular formula is C24H26BrFN2O3. The van der Waals surface area contributed by atoms with Gasteiger partial charge in [-0.25, -0.2) is 4.39 Å². The van der Waals surface area contributed by atoms with Crippen molar-refractivity contribution >= 4 is 32.8 Å². The van der Waals surface area contributed by atoms with Gasteiger partial charge in [0.15, 0.2) is 0 Å². The molecule has 1 atom stereocenters. The van der Waals surface area contributed by atoms with E-state index in [0.29, 0.717) is 28.2 Å². The molecule has 0 radical (unpaired) electrons. The molecule has 0 amide bonds. The van der Waals surface area contributed by atoms with Crippen molar-refractivity contribution < 1.29 is 18.7 Å². The smallest absolute Gasteiger partial charge is 0.306 e. The first-order chi connectivity index (χ1) is 15.0. The number of rotatable bonds is 7. The topological polar surface area (TPSA) is 53.4 Å². The summed E-state index contributed by atoms with van der Waals surface area (Å²) >= 11 is 3.42. The minimum Gasteiger partial charge on any atom is -0.489 e. The number of carbonyl (C=O) groups excluding carboxylic acids is 1. The third-order valence-corrected chi connectivity index (χ3v) is 6.56. The lowest BCUT2D eigenvalue weighted by molar-refractivity contribution is -0.140. The molecule has 1 aliphatic carbocycles. The van der Waals surface area contributed by atoms with Gasteiger partial charge in [0.2, 0.25) is 0 Å². The largest absolute Gasteiger partial charge is 0.489 e. The Bertz CT molecular complexity index is 1070. The van der Waals surface area contributed by atoms with Gasteiger partial charge in [-0.05, 0) is 70.1 Å². The number of hydrogen-bond donors (Lipinski definition) is 0. The highest BCUT2D eigenvalue weighted by molar-refractivity contribution is 9.10. The number of halogens is 2. The molecule has 1 saturated carbocycles. The van der Waals surface area contributed by atoms with Gasteiger partial charge in [-0.3, -0.25) is 9.48 Å².